The molecule has 1 aromatic heterocycles. The molecule has 0 spiro atoms. The zero-order valence-corrected chi connectivity index (χ0v) is 13.6. The Morgan fingerprint density at radius 2 is 2.24 bits per heavy atom. The molecule has 21 heavy (non-hydrogen) atoms. The lowest BCUT2D eigenvalue weighted by atomic mass is 10.3. The number of hydrogen-bond donors (Lipinski definition) is 2. The van der Waals surface area contributed by atoms with E-state index in [4.69, 9.17) is 4.74 Å². The number of nitrogens with one attached hydrogen (secondary N) is 2. The van der Waals surface area contributed by atoms with E-state index in [1.54, 1.807) is 11.3 Å². The van der Waals surface area contributed by atoms with E-state index < -0.39 is 0 Å². The van der Waals surface area contributed by atoms with Crippen LogP contribution in [0.4, 0.5) is 0 Å². The molecule has 1 aliphatic rings. The third-order valence-electron chi connectivity index (χ3n) is 3.36. The van der Waals surface area contributed by atoms with Crippen LogP contribution in [0.1, 0.15) is 18.2 Å². The molecule has 0 bridgehead atoms. The van der Waals surface area contributed by atoms with Gasteiger partial charge in [0, 0.05) is 31.1 Å². The maximum Gasteiger partial charge on any atom is 0.191 e. The largest absolute Gasteiger partial charge is 0.379 e. The van der Waals surface area contributed by atoms with Gasteiger partial charge in [0.2, 0.25) is 0 Å². The van der Waals surface area contributed by atoms with Crippen molar-refractivity contribution in [1.82, 2.24) is 15.5 Å². The van der Waals surface area contributed by atoms with Crippen LogP contribution in [0, 0.1) is 0 Å². The lowest BCUT2D eigenvalue weighted by Gasteiger charge is -2.26. The third kappa shape index (κ3) is 6.46. The number of ether oxygens (including phenoxy) is 1. The number of aliphatic imine (C=N–C) groups is 1. The van der Waals surface area contributed by atoms with Gasteiger partial charge in [0.05, 0.1) is 19.8 Å². The van der Waals surface area contributed by atoms with E-state index >= 15 is 0 Å². The van der Waals surface area contributed by atoms with Gasteiger partial charge in [-0.05, 0) is 31.3 Å². The molecule has 0 atom stereocenters. The Kier molecular flexibility index (Phi) is 7.56. The Balaban J connectivity index is 1.65. The number of guanidine groups is 1. The zero-order valence-electron chi connectivity index (χ0n) is 12.8. The molecule has 0 radical (unpaired) electrons. The molecule has 0 amide bonds. The highest BCUT2D eigenvalue weighted by Gasteiger charge is 2.09. The lowest BCUT2D eigenvalue weighted by molar-refractivity contribution is 0.0376. The molecule has 2 N–H and O–H groups in total. The van der Waals surface area contributed by atoms with Crippen molar-refractivity contribution < 1.29 is 4.74 Å². The van der Waals surface area contributed by atoms with Gasteiger partial charge in [-0.25, -0.2) is 4.99 Å². The van der Waals surface area contributed by atoms with Crippen LogP contribution in [-0.2, 0) is 11.3 Å². The van der Waals surface area contributed by atoms with E-state index in [1.807, 2.05) is 0 Å². The fourth-order valence-corrected chi connectivity index (χ4v) is 2.86. The Bertz CT molecular complexity index is 402. The van der Waals surface area contributed by atoms with Crippen LogP contribution >= 0.6 is 11.3 Å². The maximum atomic E-state index is 5.36. The van der Waals surface area contributed by atoms with Gasteiger partial charge in [-0.1, -0.05) is 6.07 Å². The molecule has 1 aliphatic heterocycles. The molecular formula is C15H26N4OS. The minimum atomic E-state index is 0.746. The summed E-state index contributed by atoms with van der Waals surface area (Å²) in [6, 6.07) is 4.19. The van der Waals surface area contributed by atoms with E-state index in [0.717, 1.165) is 64.9 Å². The molecule has 1 aromatic rings. The topological polar surface area (TPSA) is 48.9 Å². The van der Waals surface area contributed by atoms with Gasteiger partial charge >= 0.3 is 0 Å². The van der Waals surface area contributed by atoms with Gasteiger partial charge < -0.3 is 15.4 Å². The fourth-order valence-electron chi connectivity index (χ4n) is 2.24. The Hall–Kier alpha value is -1.11. The van der Waals surface area contributed by atoms with E-state index in [2.05, 4.69) is 45.0 Å². The number of hydrogen-bond acceptors (Lipinski definition) is 4. The van der Waals surface area contributed by atoms with Crippen LogP contribution < -0.4 is 10.6 Å². The predicted molar refractivity (Wildman–Crippen MR) is 89.0 cm³/mol. The maximum absolute atomic E-state index is 5.36. The molecule has 118 valence electrons. The molecule has 1 saturated heterocycles. The molecule has 0 saturated carbocycles. The Morgan fingerprint density at radius 3 is 2.95 bits per heavy atom. The van der Waals surface area contributed by atoms with Crippen LogP contribution in [0.3, 0.4) is 0 Å². The van der Waals surface area contributed by atoms with Gasteiger partial charge in [-0.15, -0.1) is 11.3 Å². The summed E-state index contributed by atoms with van der Waals surface area (Å²) in [5.41, 5.74) is 0. The summed E-state index contributed by atoms with van der Waals surface area (Å²) in [4.78, 5) is 8.36. The van der Waals surface area contributed by atoms with Crippen molar-refractivity contribution in [2.75, 3.05) is 45.9 Å². The Labute approximate surface area is 131 Å². The van der Waals surface area contributed by atoms with Gasteiger partial charge in [0.15, 0.2) is 5.96 Å². The average molecular weight is 310 g/mol. The summed E-state index contributed by atoms with van der Waals surface area (Å²) in [5, 5.41) is 8.79. The quantitative estimate of drug-likeness (QED) is 0.455. The van der Waals surface area contributed by atoms with Crippen LogP contribution in [-0.4, -0.2) is 56.8 Å². The van der Waals surface area contributed by atoms with Crippen LogP contribution in [0.2, 0.25) is 0 Å². The van der Waals surface area contributed by atoms with E-state index in [1.165, 1.54) is 4.88 Å². The van der Waals surface area contributed by atoms with Crippen molar-refractivity contribution >= 4 is 17.3 Å². The normalized spacial score (nSPS) is 16.9. The first-order valence-corrected chi connectivity index (χ1v) is 8.61. The minimum Gasteiger partial charge on any atom is -0.379 e. The number of thiophene rings is 1. The summed E-state index contributed by atoms with van der Waals surface area (Å²) >= 11 is 1.75. The zero-order chi connectivity index (χ0) is 14.8. The summed E-state index contributed by atoms with van der Waals surface area (Å²) in [6.07, 6.45) is 1.13. The van der Waals surface area contributed by atoms with Gasteiger partial charge in [0.1, 0.15) is 0 Å². The molecule has 0 unspecified atom stereocenters. The van der Waals surface area contributed by atoms with Crippen molar-refractivity contribution in [3.8, 4) is 0 Å². The van der Waals surface area contributed by atoms with E-state index in [0.29, 0.717) is 0 Å². The molecule has 2 heterocycles. The standard InChI is InChI=1S/C15H26N4OS/c1-2-16-15(18-13-14-5-3-12-21-14)17-6-4-7-19-8-10-20-11-9-19/h3,5,12H,2,4,6-11,13H2,1H3,(H2,16,17,18). The van der Waals surface area contributed by atoms with Crippen molar-refractivity contribution in [3.05, 3.63) is 22.4 Å². The lowest BCUT2D eigenvalue weighted by Crippen LogP contribution is -2.40. The number of nitrogens with zero attached hydrogens (tertiary/aromatic N) is 2. The number of morpholine rings is 1. The van der Waals surface area contributed by atoms with Crippen LogP contribution in [0.25, 0.3) is 0 Å². The highest BCUT2D eigenvalue weighted by atomic mass is 32.1. The van der Waals surface area contributed by atoms with Crippen LogP contribution in [0.15, 0.2) is 22.5 Å². The monoisotopic (exact) mass is 310 g/mol. The first-order chi connectivity index (χ1) is 10.4. The second kappa shape index (κ2) is 9.76. The van der Waals surface area contributed by atoms with E-state index in [-0.39, 0.29) is 0 Å². The third-order valence-corrected chi connectivity index (χ3v) is 4.23. The summed E-state index contributed by atoms with van der Waals surface area (Å²) < 4.78 is 5.36. The first kappa shape index (κ1) is 16.3. The summed E-state index contributed by atoms with van der Waals surface area (Å²) in [6.45, 7) is 9.68. The summed E-state index contributed by atoms with van der Waals surface area (Å²) in [7, 11) is 0. The molecule has 2 rings (SSSR count). The van der Waals surface area contributed by atoms with Crippen molar-refractivity contribution in [2.45, 2.75) is 19.9 Å². The van der Waals surface area contributed by atoms with Gasteiger partial charge in [-0.3, -0.25) is 4.90 Å². The molecule has 0 aromatic carbocycles. The second-order valence-corrected chi connectivity index (χ2v) is 6.04. The SMILES string of the molecule is CCNC(=NCc1cccs1)NCCCN1CCOCC1. The highest BCUT2D eigenvalue weighted by Crippen LogP contribution is 2.09. The fraction of sp³-hybridized carbons (Fsp3) is 0.667. The first-order valence-electron chi connectivity index (χ1n) is 7.73. The molecule has 1 fully saturated rings. The molecule has 5 nitrogen and oxygen atoms in total. The Morgan fingerprint density at radius 1 is 1.38 bits per heavy atom. The minimum absolute atomic E-state index is 0.746. The molecule has 0 aliphatic carbocycles. The predicted octanol–water partition coefficient (Wildman–Crippen LogP) is 1.53. The second-order valence-electron chi connectivity index (χ2n) is 5.01. The van der Waals surface area contributed by atoms with Crippen molar-refractivity contribution in [1.29, 1.82) is 0 Å². The molecular weight excluding hydrogens is 284 g/mol. The van der Waals surface area contributed by atoms with Gasteiger partial charge in [0.25, 0.3) is 0 Å². The summed E-state index contributed by atoms with van der Waals surface area (Å²) in [5.74, 6) is 0.910. The smallest absolute Gasteiger partial charge is 0.191 e. The highest BCUT2D eigenvalue weighted by molar-refractivity contribution is 7.09. The average Bonchev–Trinajstić information content (AvgIpc) is 3.03. The van der Waals surface area contributed by atoms with Crippen molar-refractivity contribution in [3.63, 3.8) is 0 Å². The van der Waals surface area contributed by atoms with Crippen molar-refractivity contribution in [2.24, 2.45) is 4.99 Å². The van der Waals surface area contributed by atoms with Crippen LogP contribution in [0.5, 0.6) is 0 Å². The molecule has 6 heteroatoms. The number of rotatable bonds is 7. The van der Waals surface area contributed by atoms with Gasteiger partial charge in [-0.2, -0.15) is 0 Å². The van der Waals surface area contributed by atoms with E-state index in [9.17, 15) is 0 Å².